The van der Waals surface area contributed by atoms with Crippen molar-refractivity contribution < 1.29 is 28.8 Å². The number of esters is 1. The number of carbonyl (C=O) groups excluding carboxylic acids is 1. The summed E-state index contributed by atoms with van der Waals surface area (Å²) < 4.78 is 23.3. The summed E-state index contributed by atoms with van der Waals surface area (Å²) >= 11 is 1.41. The number of carbonyl (C=O) groups is 1. The third kappa shape index (κ3) is 4.65. The molecule has 0 saturated carbocycles. The maximum atomic E-state index is 12.6. The van der Waals surface area contributed by atoms with Crippen LogP contribution in [0.1, 0.15) is 24.2 Å². The highest BCUT2D eigenvalue weighted by molar-refractivity contribution is 7.99. The van der Waals surface area contributed by atoms with Crippen molar-refractivity contribution in [1.29, 1.82) is 0 Å². The molecule has 4 rings (SSSR count). The zero-order chi connectivity index (χ0) is 20.4. The van der Waals surface area contributed by atoms with Crippen molar-refractivity contribution in [2.75, 3.05) is 6.61 Å². The average Bonchev–Trinajstić information content (AvgIpc) is 3.23. The van der Waals surface area contributed by atoms with Crippen LogP contribution in [0.3, 0.4) is 0 Å². The van der Waals surface area contributed by atoms with Crippen molar-refractivity contribution >= 4 is 17.7 Å². The first-order valence-corrected chi connectivity index (χ1v) is 10.4. The zero-order valence-electron chi connectivity index (χ0n) is 16.3. The van der Waals surface area contributed by atoms with Crippen LogP contribution < -0.4 is 0 Å². The van der Waals surface area contributed by atoms with E-state index in [4.69, 9.17) is 18.9 Å². The molecule has 7 heteroatoms. The summed E-state index contributed by atoms with van der Waals surface area (Å²) in [4.78, 5) is 13.6. The van der Waals surface area contributed by atoms with Gasteiger partial charge < -0.3 is 24.1 Å². The van der Waals surface area contributed by atoms with Crippen molar-refractivity contribution in [3.8, 4) is 0 Å². The van der Waals surface area contributed by atoms with Gasteiger partial charge in [-0.3, -0.25) is 0 Å². The van der Waals surface area contributed by atoms with E-state index < -0.39 is 41.6 Å². The SMILES string of the molecule is CC1(C)OC[C@H]([C@@H]2O[C@@H](Sc3ccccc3)C(OC(=O)c3ccccc3)[C@@H]2O)O1. The zero-order valence-corrected chi connectivity index (χ0v) is 17.1. The number of benzene rings is 2. The molecule has 1 unspecified atom stereocenters. The van der Waals surface area contributed by atoms with E-state index >= 15 is 0 Å². The van der Waals surface area contributed by atoms with Crippen molar-refractivity contribution in [1.82, 2.24) is 0 Å². The molecular formula is C22H24O6S. The first kappa shape index (κ1) is 20.4. The van der Waals surface area contributed by atoms with Gasteiger partial charge >= 0.3 is 5.97 Å². The molecule has 0 aromatic heterocycles. The van der Waals surface area contributed by atoms with Crippen LogP contribution in [0, 0.1) is 0 Å². The average molecular weight is 416 g/mol. The van der Waals surface area contributed by atoms with Gasteiger partial charge in [-0.15, -0.1) is 0 Å². The van der Waals surface area contributed by atoms with Crippen molar-refractivity contribution in [3.63, 3.8) is 0 Å². The summed E-state index contributed by atoms with van der Waals surface area (Å²) in [5, 5.41) is 11.0. The molecular weight excluding hydrogens is 392 g/mol. The molecule has 0 spiro atoms. The van der Waals surface area contributed by atoms with Crippen LogP contribution in [0.5, 0.6) is 0 Å². The highest BCUT2D eigenvalue weighted by Gasteiger charge is 2.53. The van der Waals surface area contributed by atoms with Gasteiger partial charge in [0.15, 0.2) is 11.9 Å². The fourth-order valence-corrected chi connectivity index (χ4v) is 4.58. The minimum Gasteiger partial charge on any atom is -0.452 e. The second-order valence-corrected chi connectivity index (χ2v) is 8.67. The van der Waals surface area contributed by atoms with Crippen LogP contribution in [0.2, 0.25) is 0 Å². The van der Waals surface area contributed by atoms with Crippen molar-refractivity contribution in [3.05, 3.63) is 66.2 Å². The lowest BCUT2D eigenvalue weighted by Gasteiger charge is -2.23. The van der Waals surface area contributed by atoms with E-state index in [2.05, 4.69) is 0 Å². The van der Waals surface area contributed by atoms with E-state index in [-0.39, 0.29) is 0 Å². The maximum Gasteiger partial charge on any atom is 0.338 e. The van der Waals surface area contributed by atoms with Gasteiger partial charge in [-0.25, -0.2) is 4.79 Å². The van der Waals surface area contributed by atoms with Crippen LogP contribution in [0.15, 0.2) is 65.6 Å². The minimum atomic E-state index is -1.04. The molecule has 2 heterocycles. The number of aliphatic hydroxyl groups excluding tert-OH is 1. The Morgan fingerprint density at radius 2 is 1.76 bits per heavy atom. The molecule has 5 atom stereocenters. The summed E-state index contributed by atoms with van der Waals surface area (Å²) in [6.07, 6.45) is -2.98. The van der Waals surface area contributed by atoms with Crippen molar-refractivity contribution in [2.24, 2.45) is 0 Å². The smallest absolute Gasteiger partial charge is 0.338 e. The minimum absolute atomic E-state index is 0.302. The van der Waals surface area contributed by atoms with Crippen LogP contribution in [-0.4, -0.2) is 53.3 Å². The van der Waals surface area contributed by atoms with Crippen LogP contribution in [0.4, 0.5) is 0 Å². The van der Waals surface area contributed by atoms with Gasteiger partial charge in [0.05, 0.1) is 12.2 Å². The van der Waals surface area contributed by atoms with Crippen LogP contribution in [-0.2, 0) is 18.9 Å². The summed E-state index contributed by atoms with van der Waals surface area (Å²) in [6, 6.07) is 18.4. The molecule has 29 heavy (non-hydrogen) atoms. The van der Waals surface area contributed by atoms with E-state index in [9.17, 15) is 9.90 Å². The summed E-state index contributed by atoms with van der Waals surface area (Å²) in [5.41, 5.74) is -0.148. The number of hydrogen-bond acceptors (Lipinski definition) is 7. The second-order valence-electron chi connectivity index (χ2n) is 7.49. The summed E-state index contributed by atoms with van der Waals surface area (Å²) in [6.45, 7) is 3.94. The Bertz CT molecular complexity index is 828. The van der Waals surface area contributed by atoms with Gasteiger partial charge in [-0.1, -0.05) is 48.2 Å². The van der Waals surface area contributed by atoms with Gasteiger partial charge in [-0.2, -0.15) is 0 Å². The number of rotatable bonds is 5. The van der Waals surface area contributed by atoms with E-state index in [1.807, 2.05) is 50.2 Å². The predicted octanol–water partition coefficient (Wildman–Crippen LogP) is 3.24. The van der Waals surface area contributed by atoms with E-state index in [0.29, 0.717) is 12.2 Å². The van der Waals surface area contributed by atoms with E-state index in [1.165, 1.54) is 11.8 Å². The molecule has 2 aliphatic heterocycles. The fraction of sp³-hybridized carbons (Fsp3) is 0.409. The molecule has 2 saturated heterocycles. The molecule has 0 bridgehead atoms. The molecule has 2 aromatic rings. The Labute approximate surface area is 174 Å². The van der Waals surface area contributed by atoms with Gasteiger partial charge in [0.2, 0.25) is 0 Å². The van der Waals surface area contributed by atoms with Crippen LogP contribution in [0.25, 0.3) is 0 Å². The van der Waals surface area contributed by atoms with Crippen LogP contribution >= 0.6 is 11.8 Å². The molecule has 2 aromatic carbocycles. The molecule has 2 aliphatic rings. The van der Waals surface area contributed by atoms with Gasteiger partial charge in [-0.05, 0) is 38.1 Å². The summed E-state index contributed by atoms with van der Waals surface area (Å²) in [5.74, 6) is -1.24. The topological polar surface area (TPSA) is 74.2 Å². The van der Waals surface area contributed by atoms with Gasteiger partial charge in [0.25, 0.3) is 0 Å². The standard InChI is InChI=1S/C22H24O6S/c1-22(2)25-13-16(28-22)18-17(23)19(26-20(24)14-9-5-3-6-10-14)21(27-18)29-15-11-7-4-8-12-15/h3-12,16-19,21,23H,13H2,1-2H3/t16-,17-,18+,19?,21+/m1/s1. The normalized spacial score (nSPS) is 30.9. The third-order valence-electron chi connectivity index (χ3n) is 4.88. The first-order valence-electron chi connectivity index (χ1n) is 9.56. The highest BCUT2D eigenvalue weighted by Crippen LogP contribution is 2.39. The lowest BCUT2D eigenvalue weighted by molar-refractivity contribution is -0.159. The Morgan fingerprint density at radius 3 is 2.38 bits per heavy atom. The summed E-state index contributed by atoms with van der Waals surface area (Å²) in [7, 11) is 0. The number of ether oxygens (including phenoxy) is 4. The Morgan fingerprint density at radius 1 is 1.10 bits per heavy atom. The molecule has 6 nitrogen and oxygen atoms in total. The van der Waals surface area contributed by atoms with Crippen molar-refractivity contribution in [2.45, 2.75) is 54.4 Å². The number of hydrogen-bond donors (Lipinski definition) is 1. The molecule has 1 N–H and O–H groups in total. The lowest BCUT2D eigenvalue weighted by Crippen LogP contribution is -2.42. The van der Waals surface area contributed by atoms with Gasteiger partial charge in [0.1, 0.15) is 23.7 Å². The Balaban J connectivity index is 1.54. The molecule has 0 radical (unpaired) electrons. The quantitative estimate of drug-likeness (QED) is 0.750. The Kier molecular flexibility index (Phi) is 5.94. The lowest BCUT2D eigenvalue weighted by atomic mass is 10.1. The number of aliphatic hydroxyl groups is 1. The second kappa shape index (κ2) is 8.45. The molecule has 0 aliphatic carbocycles. The first-order chi connectivity index (χ1) is 13.9. The van der Waals surface area contributed by atoms with E-state index in [0.717, 1.165) is 4.90 Å². The van der Waals surface area contributed by atoms with E-state index in [1.54, 1.807) is 24.3 Å². The number of thioether (sulfide) groups is 1. The maximum absolute atomic E-state index is 12.6. The molecule has 2 fully saturated rings. The Hall–Kier alpha value is -1.90. The highest BCUT2D eigenvalue weighted by atomic mass is 32.2. The largest absolute Gasteiger partial charge is 0.452 e. The third-order valence-corrected chi connectivity index (χ3v) is 6.03. The molecule has 154 valence electrons. The predicted molar refractivity (Wildman–Crippen MR) is 108 cm³/mol. The fourth-order valence-electron chi connectivity index (χ4n) is 3.46. The van der Waals surface area contributed by atoms with Gasteiger partial charge in [0, 0.05) is 4.90 Å². The molecule has 0 amide bonds. The monoisotopic (exact) mass is 416 g/mol.